The molecule has 5 rings (SSSR count). The number of rotatable bonds is 4. The molecule has 3 aromatic rings. The highest BCUT2D eigenvalue weighted by Crippen LogP contribution is 2.55. The van der Waals surface area contributed by atoms with E-state index in [-0.39, 0.29) is 23.7 Å². The van der Waals surface area contributed by atoms with Crippen LogP contribution in [0.2, 0.25) is 0 Å². The average Bonchev–Trinajstić information content (AvgIpc) is 3.29. The van der Waals surface area contributed by atoms with Gasteiger partial charge >= 0.3 is 0 Å². The minimum absolute atomic E-state index is 0.109. The number of nitro benzene ring substituents is 1. The summed E-state index contributed by atoms with van der Waals surface area (Å²) >= 11 is 0. The van der Waals surface area contributed by atoms with E-state index in [4.69, 9.17) is 0 Å². The number of fused-ring (bicyclic) bond motifs is 2. The minimum Gasteiger partial charge on any atom is -0.324 e. The first kappa shape index (κ1) is 20.9. The molecular weight excluding hydrogens is 427 g/mol. The van der Waals surface area contributed by atoms with Gasteiger partial charge in [-0.25, -0.2) is 4.39 Å². The number of nitrogens with zero attached hydrogens (tertiary/aromatic N) is 3. The van der Waals surface area contributed by atoms with Gasteiger partial charge in [-0.05, 0) is 42.9 Å². The van der Waals surface area contributed by atoms with Gasteiger partial charge < -0.3 is 5.32 Å². The molecule has 1 N–H and O–H groups in total. The summed E-state index contributed by atoms with van der Waals surface area (Å²) in [4.78, 5) is 44.2. The van der Waals surface area contributed by atoms with Crippen molar-refractivity contribution in [2.75, 3.05) is 18.9 Å². The van der Waals surface area contributed by atoms with Gasteiger partial charge in [0.2, 0.25) is 5.91 Å². The van der Waals surface area contributed by atoms with Gasteiger partial charge in [-0.2, -0.15) is 0 Å². The largest absolute Gasteiger partial charge is 0.324 e. The maximum atomic E-state index is 14.3. The van der Waals surface area contributed by atoms with Crippen LogP contribution in [-0.2, 0) is 10.3 Å². The first-order chi connectivity index (χ1) is 15.8. The number of likely N-dealkylation sites (tertiary alicyclic amines) is 1. The second kappa shape index (κ2) is 7.56. The Morgan fingerprint density at radius 1 is 1.21 bits per heavy atom. The summed E-state index contributed by atoms with van der Waals surface area (Å²) in [7, 11) is 1.70. The summed E-state index contributed by atoms with van der Waals surface area (Å²) in [6.45, 7) is 0.258. The Morgan fingerprint density at radius 3 is 2.76 bits per heavy atom. The van der Waals surface area contributed by atoms with Crippen LogP contribution >= 0.6 is 0 Å². The summed E-state index contributed by atoms with van der Waals surface area (Å²) in [5.74, 6) is -2.90. The number of likely N-dealkylation sites (N-methyl/N-ethyl adjacent to an activating group) is 1. The highest BCUT2D eigenvalue weighted by atomic mass is 19.1. The van der Waals surface area contributed by atoms with Crippen molar-refractivity contribution in [2.45, 2.75) is 11.5 Å². The lowest BCUT2D eigenvalue weighted by Crippen LogP contribution is -2.51. The Morgan fingerprint density at radius 2 is 2.03 bits per heavy atom. The van der Waals surface area contributed by atoms with Gasteiger partial charge in [-0.3, -0.25) is 29.6 Å². The molecule has 3 atom stereocenters. The van der Waals surface area contributed by atoms with Crippen molar-refractivity contribution >= 4 is 23.1 Å². The van der Waals surface area contributed by atoms with E-state index in [1.54, 1.807) is 42.3 Å². The van der Waals surface area contributed by atoms with Crippen molar-refractivity contribution in [2.24, 2.45) is 5.92 Å². The number of carbonyl (C=O) groups is 2. The van der Waals surface area contributed by atoms with E-state index in [1.165, 1.54) is 36.5 Å². The molecule has 2 aliphatic rings. The lowest BCUT2D eigenvalue weighted by atomic mass is 9.71. The molecule has 3 unspecified atom stereocenters. The van der Waals surface area contributed by atoms with Crippen molar-refractivity contribution in [1.82, 2.24) is 9.88 Å². The number of anilines is 1. The van der Waals surface area contributed by atoms with E-state index in [0.29, 0.717) is 16.8 Å². The van der Waals surface area contributed by atoms with Gasteiger partial charge in [-0.15, -0.1) is 0 Å². The fraction of sp³-hybridized carbons (Fsp3) is 0.208. The van der Waals surface area contributed by atoms with Crippen molar-refractivity contribution < 1.29 is 18.9 Å². The third kappa shape index (κ3) is 3.04. The van der Waals surface area contributed by atoms with E-state index in [1.807, 2.05) is 0 Å². The maximum absolute atomic E-state index is 14.3. The van der Waals surface area contributed by atoms with Crippen LogP contribution in [0.3, 0.4) is 0 Å². The average molecular weight is 446 g/mol. The number of Topliss-reactive ketones (excluding diaryl/α,β-unsaturated/α-hetero) is 1. The summed E-state index contributed by atoms with van der Waals surface area (Å²) < 4.78 is 14.3. The van der Waals surface area contributed by atoms with Crippen molar-refractivity contribution in [3.05, 3.63) is 99.6 Å². The zero-order valence-electron chi connectivity index (χ0n) is 17.6. The lowest BCUT2D eigenvalue weighted by molar-refractivity contribution is -0.384. The first-order valence-electron chi connectivity index (χ1n) is 10.4. The second-order valence-corrected chi connectivity index (χ2v) is 8.31. The van der Waals surface area contributed by atoms with Crippen LogP contribution < -0.4 is 5.32 Å². The second-order valence-electron chi connectivity index (χ2n) is 8.31. The van der Waals surface area contributed by atoms with Crippen LogP contribution in [0.25, 0.3) is 0 Å². The SMILES string of the molecule is CN1CC(c2cccc([N+](=O)[O-])c2)C(C(=O)c2ccccn2)C12C(=O)Nc1ccc(F)cc12. The van der Waals surface area contributed by atoms with E-state index < -0.39 is 34.0 Å². The van der Waals surface area contributed by atoms with E-state index >= 15 is 0 Å². The van der Waals surface area contributed by atoms with E-state index in [2.05, 4.69) is 10.3 Å². The topological polar surface area (TPSA) is 105 Å². The number of hydrogen-bond acceptors (Lipinski definition) is 6. The van der Waals surface area contributed by atoms with Gasteiger partial charge in [0.25, 0.3) is 5.69 Å². The van der Waals surface area contributed by atoms with Gasteiger partial charge in [0.05, 0.1) is 10.8 Å². The molecule has 1 aromatic heterocycles. The normalized spacial score (nSPS) is 24.0. The Kier molecular flexibility index (Phi) is 4.79. The highest BCUT2D eigenvalue weighted by molar-refractivity contribution is 6.11. The number of benzene rings is 2. The third-order valence-corrected chi connectivity index (χ3v) is 6.62. The number of pyridine rings is 1. The van der Waals surface area contributed by atoms with Gasteiger partial charge in [0.1, 0.15) is 17.1 Å². The number of nitro groups is 1. The summed E-state index contributed by atoms with van der Waals surface area (Å²) in [5, 5.41) is 14.2. The van der Waals surface area contributed by atoms with Crippen molar-refractivity contribution in [3.8, 4) is 0 Å². The quantitative estimate of drug-likeness (QED) is 0.374. The predicted octanol–water partition coefficient (Wildman–Crippen LogP) is 3.50. The number of ketones is 1. The molecule has 1 fully saturated rings. The first-order valence-corrected chi connectivity index (χ1v) is 10.4. The molecule has 0 radical (unpaired) electrons. The Bertz CT molecular complexity index is 1300. The molecule has 1 spiro atoms. The van der Waals surface area contributed by atoms with Gasteiger partial charge in [0.15, 0.2) is 5.78 Å². The molecule has 0 aliphatic carbocycles. The van der Waals surface area contributed by atoms with Gasteiger partial charge in [-0.1, -0.05) is 18.2 Å². The number of amides is 1. The molecular formula is C24H19FN4O4. The fourth-order valence-corrected chi connectivity index (χ4v) is 5.25. The summed E-state index contributed by atoms with van der Waals surface area (Å²) in [5.41, 5.74) is -0.0574. The summed E-state index contributed by atoms with van der Waals surface area (Å²) in [6, 6.07) is 15.0. The third-order valence-electron chi connectivity index (χ3n) is 6.62. The van der Waals surface area contributed by atoms with E-state index in [9.17, 15) is 24.1 Å². The fourth-order valence-electron chi connectivity index (χ4n) is 5.25. The van der Waals surface area contributed by atoms with Crippen molar-refractivity contribution in [1.29, 1.82) is 0 Å². The maximum Gasteiger partial charge on any atom is 0.269 e. The molecule has 0 bridgehead atoms. The van der Waals surface area contributed by atoms with Crippen LogP contribution in [0.1, 0.15) is 27.5 Å². The van der Waals surface area contributed by atoms with Crippen LogP contribution in [0.4, 0.5) is 15.8 Å². The van der Waals surface area contributed by atoms with Crippen LogP contribution in [0, 0.1) is 21.8 Å². The summed E-state index contributed by atoms with van der Waals surface area (Å²) in [6.07, 6.45) is 1.49. The number of nitrogens with one attached hydrogen (secondary N) is 1. The molecule has 166 valence electrons. The van der Waals surface area contributed by atoms with Crippen molar-refractivity contribution in [3.63, 3.8) is 0 Å². The Labute approximate surface area is 188 Å². The predicted molar refractivity (Wildman–Crippen MR) is 117 cm³/mol. The number of carbonyl (C=O) groups excluding carboxylic acids is 2. The van der Waals surface area contributed by atoms with Gasteiger partial charge in [0, 0.05) is 42.0 Å². The monoisotopic (exact) mass is 446 g/mol. The lowest BCUT2D eigenvalue weighted by Gasteiger charge is -2.35. The zero-order chi connectivity index (χ0) is 23.3. The van der Waals surface area contributed by atoms with E-state index in [0.717, 1.165) is 0 Å². The molecule has 2 aliphatic heterocycles. The number of halogens is 1. The molecule has 2 aromatic carbocycles. The Balaban J connectivity index is 1.74. The minimum atomic E-state index is -1.48. The highest BCUT2D eigenvalue weighted by Gasteiger charge is 2.64. The Hall–Kier alpha value is -3.98. The molecule has 8 nitrogen and oxygen atoms in total. The molecule has 9 heteroatoms. The smallest absolute Gasteiger partial charge is 0.269 e. The molecule has 3 heterocycles. The molecule has 1 saturated heterocycles. The van der Waals surface area contributed by atoms with Crippen LogP contribution in [-0.4, -0.2) is 40.1 Å². The molecule has 0 saturated carbocycles. The number of non-ortho nitro benzene ring substituents is 1. The molecule has 33 heavy (non-hydrogen) atoms. The van der Waals surface area contributed by atoms with Crippen LogP contribution in [0.15, 0.2) is 66.9 Å². The molecule has 1 amide bonds. The number of hydrogen-bond donors (Lipinski definition) is 1. The number of aromatic nitrogens is 1. The van der Waals surface area contributed by atoms with Crippen LogP contribution in [0.5, 0.6) is 0 Å². The standard InChI is InChI=1S/C24H19FN4O4/c1-28-13-17(14-5-4-6-16(11-14)29(32)33)21(22(30)20-7-2-3-10-26-20)24(28)18-12-15(25)8-9-19(18)27-23(24)31/h2-12,17,21H,13H2,1H3,(H,27,31). The zero-order valence-corrected chi connectivity index (χ0v) is 17.6.